The molecule has 3 saturated carbocycles. The average Bonchev–Trinajstić information content (AvgIpc) is 2.84. The molecule has 0 N–H and O–H groups in total. The number of amides is 1. The maximum Gasteiger partial charge on any atom is 0.222 e. The molecular formula is C20H30ClNO2. The summed E-state index contributed by atoms with van der Waals surface area (Å²) in [5.74, 6) is 2.24. The highest BCUT2D eigenvalue weighted by atomic mass is 35.5. The molecule has 4 fully saturated rings. The van der Waals surface area contributed by atoms with Gasteiger partial charge in [0.25, 0.3) is 0 Å². The number of likely N-dealkylation sites (tertiary alicyclic amines) is 1. The largest absolute Gasteiger partial charge is 0.342 e. The van der Waals surface area contributed by atoms with E-state index in [0.717, 1.165) is 44.8 Å². The minimum absolute atomic E-state index is 0.0446. The summed E-state index contributed by atoms with van der Waals surface area (Å²) in [4.78, 5) is 25.3. The molecule has 2 unspecified atom stereocenters. The Balaban J connectivity index is 1.67. The van der Waals surface area contributed by atoms with Crippen molar-refractivity contribution < 1.29 is 9.59 Å². The van der Waals surface area contributed by atoms with Gasteiger partial charge in [0.1, 0.15) is 11.2 Å². The van der Waals surface area contributed by atoms with Crippen molar-refractivity contribution in [3.63, 3.8) is 0 Å². The molecule has 0 radical (unpaired) electrons. The summed E-state index contributed by atoms with van der Waals surface area (Å²) in [5.41, 5.74) is 0.197. The predicted octanol–water partition coefficient (Wildman–Crippen LogP) is 4.03. The van der Waals surface area contributed by atoms with E-state index in [2.05, 4.69) is 13.8 Å². The van der Waals surface area contributed by atoms with E-state index in [0.29, 0.717) is 36.1 Å². The minimum Gasteiger partial charge on any atom is -0.342 e. The topological polar surface area (TPSA) is 37.4 Å². The number of alkyl halides is 1. The first-order chi connectivity index (χ1) is 11.3. The molecule has 134 valence electrons. The quantitative estimate of drug-likeness (QED) is 0.528. The molecule has 3 nitrogen and oxygen atoms in total. The Morgan fingerprint density at radius 2 is 1.79 bits per heavy atom. The van der Waals surface area contributed by atoms with Crippen molar-refractivity contribution in [2.24, 2.45) is 28.6 Å². The highest BCUT2D eigenvalue weighted by Crippen LogP contribution is 2.68. The predicted molar refractivity (Wildman–Crippen MR) is 94.8 cm³/mol. The fourth-order valence-corrected chi connectivity index (χ4v) is 7.71. The highest BCUT2D eigenvalue weighted by Gasteiger charge is 2.65. The van der Waals surface area contributed by atoms with Gasteiger partial charge in [0, 0.05) is 19.5 Å². The van der Waals surface area contributed by atoms with Crippen molar-refractivity contribution in [3.8, 4) is 0 Å². The Morgan fingerprint density at radius 3 is 2.50 bits per heavy atom. The summed E-state index contributed by atoms with van der Waals surface area (Å²) in [6.45, 7) is 4.70. The van der Waals surface area contributed by atoms with E-state index >= 15 is 0 Å². The van der Waals surface area contributed by atoms with Gasteiger partial charge in [0.2, 0.25) is 5.91 Å². The number of aldehydes is 1. The molecule has 1 amide bonds. The van der Waals surface area contributed by atoms with Gasteiger partial charge in [-0.1, -0.05) is 13.8 Å². The number of carbonyl (C=O) groups excluding carboxylic acids is 2. The van der Waals surface area contributed by atoms with Gasteiger partial charge < -0.3 is 9.69 Å². The van der Waals surface area contributed by atoms with E-state index in [-0.39, 0.29) is 10.8 Å². The average molecular weight is 352 g/mol. The number of rotatable bonds is 1. The molecule has 1 heterocycles. The highest BCUT2D eigenvalue weighted by molar-refractivity contribution is 6.32. The first kappa shape index (κ1) is 16.9. The van der Waals surface area contributed by atoms with Crippen molar-refractivity contribution in [2.75, 3.05) is 7.05 Å². The number of hydrogen-bond acceptors (Lipinski definition) is 2. The molecule has 4 aliphatic rings. The zero-order valence-corrected chi connectivity index (χ0v) is 15.9. The number of piperidine rings is 1. The van der Waals surface area contributed by atoms with E-state index in [9.17, 15) is 9.59 Å². The van der Waals surface area contributed by atoms with Gasteiger partial charge in [-0.3, -0.25) is 4.79 Å². The van der Waals surface area contributed by atoms with Gasteiger partial charge in [-0.15, -0.1) is 11.6 Å². The molecule has 3 aliphatic carbocycles. The Labute approximate surface area is 150 Å². The van der Waals surface area contributed by atoms with Gasteiger partial charge in [0.15, 0.2) is 0 Å². The molecule has 0 aromatic heterocycles. The fourth-order valence-electron chi connectivity index (χ4n) is 7.36. The lowest BCUT2D eigenvalue weighted by Crippen LogP contribution is -2.62. The lowest BCUT2D eigenvalue weighted by molar-refractivity contribution is -0.158. The van der Waals surface area contributed by atoms with Crippen LogP contribution >= 0.6 is 11.6 Å². The molecule has 7 atom stereocenters. The van der Waals surface area contributed by atoms with Crippen LogP contribution in [0.15, 0.2) is 0 Å². The maximum absolute atomic E-state index is 12.2. The minimum atomic E-state index is -0.653. The lowest BCUT2D eigenvalue weighted by atomic mass is 9.47. The summed E-state index contributed by atoms with van der Waals surface area (Å²) in [6, 6.07) is 0.401. The van der Waals surface area contributed by atoms with E-state index in [1.807, 2.05) is 11.9 Å². The molecule has 4 rings (SSSR count). The molecule has 24 heavy (non-hydrogen) atoms. The fraction of sp³-hybridized carbons (Fsp3) is 0.900. The Kier molecular flexibility index (Phi) is 3.67. The van der Waals surface area contributed by atoms with Crippen LogP contribution < -0.4 is 0 Å². The van der Waals surface area contributed by atoms with Crippen LogP contribution in [0.25, 0.3) is 0 Å². The van der Waals surface area contributed by atoms with Crippen LogP contribution in [-0.4, -0.2) is 35.1 Å². The first-order valence-electron chi connectivity index (χ1n) is 9.68. The van der Waals surface area contributed by atoms with Crippen molar-refractivity contribution in [2.45, 2.75) is 76.1 Å². The number of nitrogens with zero attached hydrogens (tertiary/aromatic N) is 1. The molecule has 1 aliphatic heterocycles. The van der Waals surface area contributed by atoms with Crippen LogP contribution in [0.3, 0.4) is 0 Å². The summed E-state index contributed by atoms with van der Waals surface area (Å²) in [7, 11) is 2.00. The van der Waals surface area contributed by atoms with Gasteiger partial charge in [-0.05, 0) is 73.5 Å². The van der Waals surface area contributed by atoms with Crippen LogP contribution in [0, 0.1) is 28.6 Å². The van der Waals surface area contributed by atoms with Crippen LogP contribution in [0.1, 0.15) is 65.2 Å². The molecule has 1 saturated heterocycles. The molecule has 4 heteroatoms. The standard InChI is InChI=1S/C20H30ClNO2/c1-18-9-8-17(24)22(3)16(18)5-4-13-14(18)6-10-19(2)15(13)7-11-20(19,21)12-23/h12-16H,4-11H2,1-3H3/t13-,14-,15+,16?,18-,19+,20?/m1/s1. The number of carbonyl (C=O) groups is 2. The van der Waals surface area contributed by atoms with Crippen molar-refractivity contribution >= 4 is 23.8 Å². The Bertz CT molecular complexity index is 580. The molecular weight excluding hydrogens is 322 g/mol. The second kappa shape index (κ2) is 5.22. The van der Waals surface area contributed by atoms with E-state index in [1.165, 1.54) is 6.42 Å². The number of hydrogen-bond donors (Lipinski definition) is 0. The molecule has 0 bridgehead atoms. The van der Waals surface area contributed by atoms with E-state index in [1.54, 1.807) is 0 Å². The molecule has 0 aromatic carbocycles. The van der Waals surface area contributed by atoms with Crippen LogP contribution in [0.2, 0.25) is 0 Å². The third-order valence-electron chi connectivity index (χ3n) is 8.90. The monoisotopic (exact) mass is 351 g/mol. The van der Waals surface area contributed by atoms with E-state index in [4.69, 9.17) is 11.6 Å². The molecule has 0 spiro atoms. The van der Waals surface area contributed by atoms with Crippen molar-refractivity contribution in [1.29, 1.82) is 0 Å². The summed E-state index contributed by atoms with van der Waals surface area (Å²) >= 11 is 6.79. The zero-order valence-electron chi connectivity index (χ0n) is 15.2. The summed E-state index contributed by atoms with van der Waals surface area (Å²) < 4.78 is 0. The number of fused-ring (bicyclic) bond motifs is 5. The second-order valence-electron chi connectivity index (χ2n) is 9.46. The summed E-state index contributed by atoms with van der Waals surface area (Å²) in [5, 5.41) is 0. The SMILES string of the molecule is CN1C(=O)CC[C@@]2(C)C1CC[C@@H]1[C@H]2CC[C@@]2(C)[C@H]1CCC2(Cl)C=O. The third kappa shape index (κ3) is 1.91. The normalized spacial score (nSPS) is 54.0. The zero-order chi connectivity index (χ0) is 17.3. The summed E-state index contributed by atoms with van der Waals surface area (Å²) in [6.07, 6.45) is 9.22. The second-order valence-corrected chi connectivity index (χ2v) is 10.1. The number of halogens is 1. The van der Waals surface area contributed by atoms with Crippen LogP contribution in [0.4, 0.5) is 0 Å². The van der Waals surface area contributed by atoms with Crippen LogP contribution in [-0.2, 0) is 9.59 Å². The smallest absolute Gasteiger partial charge is 0.222 e. The first-order valence-corrected chi connectivity index (χ1v) is 10.1. The molecule has 0 aromatic rings. The Hall–Kier alpha value is -0.570. The van der Waals surface area contributed by atoms with Gasteiger partial charge in [-0.2, -0.15) is 0 Å². The van der Waals surface area contributed by atoms with E-state index < -0.39 is 4.87 Å². The van der Waals surface area contributed by atoms with Crippen molar-refractivity contribution in [1.82, 2.24) is 4.90 Å². The van der Waals surface area contributed by atoms with Gasteiger partial charge in [-0.25, -0.2) is 0 Å². The van der Waals surface area contributed by atoms with Gasteiger partial charge >= 0.3 is 0 Å². The van der Waals surface area contributed by atoms with Crippen LogP contribution in [0.5, 0.6) is 0 Å². The Morgan fingerprint density at radius 1 is 1.08 bits per heavy atom. The lowest BCUT2D eigenvalue weighted by Gasteiger charge is -2.62. The third-order valence-corrected chi connectivity index (χ3v) is 9.61. The maximum atomic E-state index is 12.2. The van der Waals surface area contributed by atoms with Crippen molar-refractivity contribution in [3.05, 3.63) is 0 Å². The van der Waals surface area contributed by atoms with Gasteiger partial charge in [0.05, 0.1) is 0 Å².